The Hall–Kier alpha value is -2.97. The highest BCUT2D eigenvalue weighted by Gasteiger charge is 2.28. The predicted molar refractivity (Wildman–Crippen MR) is 135 cm³/mol. The van der Waals surface area contributed by atoms with E-state index in [2.05, 4.69) is 28.1 Å². The summed E-state index contributed by atoms with van der Waals surface area (Å²) >= 11 is 12.2. The Labute approximate surface area is 213 Å². The van der Waals surface area contributed by atoms with E-state index in [1.165, 1.54) is 17.4 Å². The summed E-state index contributed by atoms with van der Waals surface area (Å²) in [6.45, 7) is 3.01. The van der Waals surface area contributed by atoms with Gasteiger partial charge < -0.3 is 24.5 Å². The zero-order valence-electron chi connectivity index (χ0n) is 19.1. The second-order valence-corrected chi connectivity index (χ2v) is 9.86. The number of piperidine rings is 1. The van der Waals surface area contributed by atoms with Gasteiger partial charge in [-0.2, -0.15) is 0 Å². The Bertz CT molecular complexity index is 1190. The Balaban J connectivity index is 1.09. The van der Waals surface area contributed by atoms with Crippen LogP contribution in [-0.2, 0) is 13.0 Å². The van der Waals surface area contributed by atoms with Crippen molar-refractivity contribution in [3.63, 3.8) is 0 Å². The van der Waals surface area contributed by atoms with Gasteiger partial charge in [0.1, 0.15) is 24.7 Å². The molecular weight excluding hydrogens is 491 g/mol. The van der Waals surface area contributed by atoms with Crippen molar-refractivity contribution in [3.8, 4) is 11.8 Å². The van der Waals surface area contributed by atoms with Gasteiger partial charge in [-0.15, -0.1) is 0 Å². The lowest BCUT2D eigenvalue weighted by molar-refractivity contribution is -0.389. The molecule has 3 heterocycles. The maximum absolute atomic E-state index is 10.9. The monoisotopic (exact) mass is 516 g/mol. The molecule has 0 spiro atoms. The fraction of sp³-hybridized carbons (Fsp3) is 0.400. The topological polar surface area (TPSA) is 82.7 Å². The number of rotatable bonds is 7. The standard InChI is InChI=1S/C25H26Cl2N4O4/c26-22-6-1-18(14-23(22)27)13-17-7-10-29(11-8-17)19-2-4-20(5-3-19)34-16-21-9-12-30-15-24(31(32)33)28-25(30)35-21/h1-6,14-15,17,21H,7-13,16H2/t21-/m1/s1. The van der Waals surface area contributed by atoms with Gasteiger partial charge in [0.05, 0.1) is 10.0 Å². The van der Waals surface area contributed by atoms with Crippen molar-refractivity contribution in [2.75, 3.05) is 24.6 Å². The van der Waals surface area contributed by atoms with Crippen LogP contribution < -0.4 is 14.4 Å². The molecule has 184 valence electrons. The van der Waals surface area contributed by atoms with Crippen LogP contribution in [0.5, 0.6) is 11.8 Å². The van der Waals surface area contributed by atoms with Gasteiger partial charge in [-0.3, -0.25) is 4.57 Å². The van der Waals surface area contributed by atoms with Crippen LogP contribution in [0.3, 0.4) is 0 Å². The Morgan fingerprint density at radius 1 is 1.06 bits per heavy atom. The summed E-state index contributed by atoms with van der Waals surface area (Å²) in [5.74, 6) is 1.21. The number of hydrogen-bond acceptors (Lipinski definition) is 6. The molecular formula is C25H26Cl2N4O4. The number of fused-ring (bicyclic) bond motifs is 1. The van der Waals surface area contributed by atoms with E-state index < -0.39 is 4.92 Å². The van der Waals surface area contributed by atoms with E-state index in [-0.39, 0.29) is 17.9 Å². The zero-order chi connectivity index (χ0) is 24.4. The lowest BCUT2D eigenvalue weighted by Gasteiger charge is -2.34. The van der Waals surface area contributed by atoms with Crippen molar-refractivity contribution in [2.24, 2.45) is 5.92 Å². The van der Waals surface area contributed by atoms with Gasteiger partial charge in [0.25, 0.3) is 0 Å². The molecule has 3 aromatic rings. The predicted octanol–water partition coefficient (Wildman–Crippen LogP) is 5.79. The van der Waals surface area contributed by atoms with Crippen LogP contribution in [0.1, 0.15) is 24.8 Å². The number of nitrogens with zero attached hydrogens (tertiary/aromatic N) is 4. The number of aromatic nitrogens is 2. The third kappa shape index (κ3) is 5.65. The van der Waals surface area contributed by atoms with Crippen molar-refractivity contribution >= 4 is 34.7 Å². The van der Waals surface area contributed by atoms with Crippen molar-refractivity contribution in [1.29, 1.82) is 0 Å². The van der Waals surface area contributed by atoms with Crippen LogP contribution in [0.2, 0.25) is 10.0 Å². The number of hydrogen-bond donors (Lipinski definition) is 0. The summed E-state index contributed by atoms with van der Waals surface area (Å²) in [4.78, 5) is 16.7. The minimum absolute atomic E-state index is 0.196. The third-order valence-corrected chi connectivity index (χ3v) is 7.38. The van der Waals surface area contributed by atoms with Crippen molar-refractivity contribution in [3.05, 3.63) is 74.4 Å². The molecule has 35 heavy (non-hydrogen) atoms. The number of benzene rings is 2. The molecule has 0 aliphatic carbocycles. The minimum atomic E-state index is -0.514. The summed E-state index contributed by atoms with van der Waals surface area (Å²) < 4.78 is 13.4. The molecule has 0 unspecified atom stereocenters. The summed E-state index contributed by atoms with van der Waals surface area (Å²) in [6.07, 6.45) is 5.20. The minimum Gasteiger partial charge on any atom is -0.490 e. The average Bonchev–Trinajstić information content (AvgIpc) is 3.30. The first-order valence-corrected chi connectivity index (χ1v) is 12.5. The average molecular weight is 517 g/mol. The van der Waals surface area contributed by atoms with Crippen LogP contribution in [-0.4, -0.2) is 40.3 Å². The molecule has 0 bridgehead atoms. The molecule has 1 aromatic heterocycles. The van der Waals surface area contributed by atoms with Gasteiger partial charge in [0.15, 0.2) is 0 Å². The molecule has 1 saturated heterocycles. The van der Waals surface area contributed by atoms with Crippen LogP contribution in [0, 0.1) is 16.0 Å². The number of ether oxygens (including phenoxy) is 2. The Kier molecular flexibility index (Phi) is 7.02. The van der Waals surface area contributed by atoms with E-state index >= 15 is 0 Å². The molecule has 2 aliphatic rings. The van der Waals surface area contributed by atoms with Crippen LogP contribution >= 0.6 is 23.2 Å². The fourth-order valence-electron chi connectivity index (χ4n) is 4.67. The van der Waals surface area contributed by atoms with Gasteiger partial charge in [0.2, 0.25) is 0 Å². The molecule has 2 aliphatic heterocycles. The summed E-state index contributed by atoms with van der Waals surface area (Å²) in [7, 11) is 0. The molecule has 1 atom stereocenters. The largest absolute Gasteiger partial charge is 0.490 e. The highest BCUT2D eigenvalue weighted by Crippen LogP contribution is 2.30. The van der Waals surface area contributed by atoms with Gasteiger partial charge in [-0.05, 0) is 72.1 Å². The molecule has 10 heteroatoms. The molecule has 5 rings (SSSR count). The third-order valence-electron chi connectivity index (χ3n) is 6.64. The molecule has 8 nitrogen and oxygen atoms in total. The van der Waals surface area contributed by atoms with Gasteiger partial charge in [0, 0.05) is 36.7 Å². The maximum atomic E-state index is 10.9. The van der Waals surface area contributed by atoms with E-state index in [1.54, 1.807) is 4.57 Å². The first kappa shape index (κ1) is 23.8. The normalized spacial score (nSPS) is 18.1. The van der Waals surface area contributed by atoms with Gasteiger partial charge >= 0.3 is 11.8 Å². The highest BCUT2D eigenvalue weighted by molar-refractivity contribution is 6.42. The van der Waals surface area contributed by atoms with E-state index in [0.717, 1.165) is 38.1 Å². The first-order chi connectivity index (χ1) is 16.9. The van der Waals surface area contributed by atoms with Crippen molar-refractivity contribution in [2.45, 2.75) is 38.3 Å². The second kappa shape index (κ2) is 10.3. The Morgan fingerprint density at radius 2 is 1.83 bits per heavy atom. The zero-order valence-corrected chi connectivity index (χ0v) is 20.6. The van der Waals surface area contributed by atoms with Crippen molar-refractivity contribution in [1.82, 2.24) is 9.55 Å². The van der Waals surface area contributed by atoms with E-state index in [0.29, 0.717) is 35.5 Å². The number of aryl methyl sites for hydroxylation is 1. The van der Waals surface area contributed by atoms with Crippen molar-refractivity contribution < 1.29 is 14.4 Å². The summed E-state index contributed by atoms with van der Waals surface area (Å²) in [5.41, 5.74) is 2.43. The van der Waals surface area contributed by atoms with Crippen LogP contribution in [0.4, 0.5) is 11.5 Å². The summed E-state index contributed by atoms with van der Waals surface area (Å²) in [6, 6.07) is 14.3. The lowest BCUT2D eigenvalue weighted by atomic mass is 9.90. The molecule has 1 fully saturated rings. The second-order valence-electron chi connectivity index (χ2n) is 9.05. The SMILES string of the molecule is O=[N+]([O-])c1cn2c(n1)O[C@@H](COc1ccc(N3CCC(Cc4ccc(Cl)c(Cl)c4)CC3)cc1)CC2. The number of halogens is 2. The molecule has 0 N–H and O–H groups in total. The number of nitro groups is 1. The number of anilines is 1. The maximum Gasteiger partial charge on any atom is 0.414 e. The molecule has 0 saturated carbocycles. The number of imidazole rings is 1. The first-order valence-electron chi connectivity index (χ1n) is 11.7. The summed E-state index contributed by atoms with van der Waals surface area (Å²) in [5, 5.41) is 12.1. The Morgan fingerprint density at radius 3 is 2.54 bits per heavy atom. The smallest absolute Gasteiger partial charge is 0.414 e. The van der Waals surface area contributed by atoms with E-state index in [9.17, 15) is 10.1 Å². The fourth-order valence-corrected chi connectivity index (χ4v) is 4.99. The molecule has 0 radical (unpaired) electrons. The molecule has 2 aromatic carbocycles. The molecule has 0 amide bonds. The van der Waals surface area contributed by atoms with Gasteiger partial charge in [-0.25, -0.2) is 0 Å². The van der Waals surface area contributed by atoms with E-state index in [4.69, 9.17) is 32.7 Å². The van der Waals surface area contributed by atoms with Gasteiger partial charge in [-0.1, -0.05) is 29.3 Å². The quantitative estimate of drug-likeness (QED) is 0.292. The van der Waals surface area contributed by atoms with Crippen LogP contribution in [0.25, 0.3) is 0 Å². The van der Waals surface area contributed by atoms with E-state index in [1.807, 2.05) is 24.3 Å². The lowest BCUT2D eigenvalue weighted by Crippen LogP contribution is -2.34. The highest BCUT2D eigenvalue weighted by atomic mass is 35.5. The van der Waals surface area contributed by atoms with Crippen LogP contribution in [0.15, 0.2) is 48.7 Å².